The first-order chi connectivity index (χ1) is 11.1. The Morgan fingerprint density at radius 1 is 1.04 bits per heavy atom. The summed E-state index contributed by atoms with van der Waals surface area (Å²) in [5.74, 6) is 1.84. The Balaban J connectivity index is 1.78. The summed E-state index contributed by atoms with van der Waals surface area (Å²) in [5, 5.41) is 9.24. The number of aryl methyl sites for hydroxylation is 2. The zero-order chi connectivity index (χ0) is 16.4. The minimum absolute atomic E-state index is 0.679. The van der Waals surface area contributed by atoms with Crippen LogP contribution in [0.5, 0.6) is 0 Å². The predicted molar refractivity (Wildman–Crippen MR) is 89.6 cm³/mol. The van der Waals surface area contributed by atoms with Crippen molar-refractivity contribution in [2.45, 2.75) is 20.8 Å². The fraction of sp³-hybridized carbons (Fsp3) is 0.412. The highest BCUT2D eigenvalue weighted by atomic mass is 15.3. The molecule has 0 spiro atoms. The highest BCUT2D eigenvalue weighted by Crippen LogP contribution is 2.24. The second-order valence-electron chi connectivity index (χ2n) is 5.78. The summed E-state index contributed by atoms with van der Waals surface area (Å²) >= 11 is 0. The van der Waals surface area contributed by atoms with E-state index < -0.39 is 0 Å². The Kier molecular flexibility index (Phi) is 4.11. The number of piperazine rings is 1. The fourth-order valence-corrected chi connectivity index (χ4v) is 2.95. The van der Waals surface area contributed by atoms with Gasteiger partial charge in [0.1, 0.15) is 17.7 Å². The molecular weight excluding hydrogens is 288 g/mol. The SMILES string of the molecule is Cc1nc(C)c(C)c(N2CCN(c3cnccc3C#N)CC2)n1. The molecule has 1 aliphatic rings. The van der Waals surface area contributed by atoms with Gasteiger partial charge in [0.25, 0.3) is 0 Å². The second kappa shape index (κ2) is 6.21. The lowest BCUT2D eigenvalue weighted by atomic mass is 10.2. The van der Waals surface area contributed by atoms with Crippen LogP contribution in [-0.2, 0) is 0 Å². The van der Waals surface area contributed by atoms with Gasteiger partial charge in [0, 0.05) is 43.6 Å². The molecule has 0 aliphatic carbocycles. The van der Waals surface area contributed by atoms with Crippen molar-refractivity contribution in [1.82, 2.24) is 15.0 Å². The summed E-state index contributed by atoms with van der Waals surface area (Å²) < 4.78 is 0. The van der Waals surface area contributed by atoms with Crippen LogP contribution in [0.1, 0.15) is 22.6 Å². The van der Waals surface area contributed by atoms with E-state index in [1.165, 1.54) is 0 Å². The molecule has 0 unspecified atom stereocenters. The molecule has 0 N–H and O–H groups in total. The summed E-state index contributed by atoms with van der Waals surface area (Å²) in [6.45, 7) is 9.47. The Bertz CT molecular complexity index is 756. The maximum Gasteiger partial charge on any atom is 0.135 e. The fourth-order valence-electron chi connectivity index (χ4n) is 2.95. The van der Waals surface area contributed by atoms with Crippen LogP contribution in [0.15, 0.2) is 18.5 Å². The topological polar surface area (TPSA) is 68.9 Å². The monoisotopic (exact) mass is 308 g/mol. The molecule has 0 saturated carbocycles. The average molecular weight is 308 g/mol. The molecule has 1 saturated heterocycles. The van der Waals surface area contributed by atoms with Gasteiger partial charge in [0.05, 0.1) is 17.4 Å². The molecule has 2 aromatic rings. The first-order valence-corrected chi connectivity index (χ1v) is 7.76. The molecule has 23 heavy (non-hydrogen) atoms. The van der Waals surface area contributed by atoms with Crippen LogP contribution < -0.4 is 9.80 Å². The van der Waals surface area contributed by atoms with Crippen LogP contribution in [0.3, 0.4) is 0 Å². The standard InChI is InChI=1S/C17H20N6/c1-12-13(2)20-14(3)21-17(12)23-8-6-22(7-9-23)16-11-19-5-4-15(16)10-18/h4-5,11H,6-9H2,1-3H3. The Morgan fingerprint density at radius 2 is 1.74 bits per heavy atom. The largest absolute Gasteiger partial charge is 0.366 e. The molecule has 3 rings (SSSR count). The van der Waals surface area contributed by atoms with Gasteiger partial charge in [0.2, 0.25) is 0 Å². The minimum atomic E-state index is 0.679. The summed E-state index contributed by atoms with van der Waals surface area (Å²) in [6.07, 6.45) is 3.44. The maximum atomic E-state index is 9.24. The van der Waals surface area contributed by atoms with E-state index in [-0.39, 0.29) is 0 Å². The number of aromatic nitrogens is 3. The zero-order valence-corrected chi connectivity index (χ0v) is 13.7. The third-order valence-electron chi connectivity index (χ3n) is 4.32. The molecule has 0 amide bonds. The van der Waals surface area contributed by atoms with Crippen LogP contribution in [-0.4, -0.2) is 41.1 Å². The summed E-state index contributed by atoms with van der Waals surface area (Å²) in [4.78, 5) is 17.7. The van der Waals surface area contributed by atoms with E-state index in [2.05, 4.69) is 37.7 Å². The van der Waals surface area contributed by atoms with E-state index in [1.54, 1.807) is 18.5 Å². The molecule has 118 valence electrons. The van der Waals surface area contributed by atoms with Gasteiger partial charge >= 0.3 is 0 Å². The number of hydrogen-bond donors (Lipinski definition) is 0. The van der Waals surface area contributed by atoms with Gasteiger partial charge in [-0.3, -0.25) is 4.98 Å². The number of hydrogen-bond acceptors (Lipinski definition) is 6. The molecule has 0 aromatic carbocycles. The van der Waals surface area contributed by atoms with Crippen LogP contribution in [0, 0.1) is 32.1 Å². The molecule has 6 nitrogen and oxygen atoms in total. The third kappa shape index (κ3) is 2.95. The third-order valence-corrected chi connectivity index (χ3v) is 4.32. The zero-order valence-electron chi connectivity index (χ0n) is 13.7. The summed E-state index contributed by atoms with van der Waals surface area (Å²) in [6, 6.07) is 4.01. The minimum Gasteiger partial charge on any atom is -0.366 e. The molecule has 0 bridgehead atoms. The van der Waals surface area contributed by atoms with Crippen molar-refractivity contribution in [2.75, 3.05) is 36.0 Å². The lowest BCUT2D eigenvalue weighted by Crippen LogP contribution is -2.47. The molecule has 0 atom stereocenters. The first-order valence-electron chi connectivity index (χ1n) is 7.76. The van der Waals surface area contributed by atoms with Crippen molar-refractivity contribution in [3.05, 3.63) is 41.1 Å². The molecule has 3 heterocycles. The van der Waals surface area contributed by atoms with Gasteiger partial charge in [-0.25, -0.2) is 9.97 Å². The van der Waals surface area contributed by atoms with Crippen molar-refractivity contribution >= 4 is 11.5 Å². The highest BCUT2D eigenvalue weighted by Gasteiger charge is 2.22. The number of rotatable bonds is 2. The van der Waals surface area contributed by atoms with E-state index in [9.17, 15) is 5.26 Å². The van der Waals surface area contributed by atoms with Gasteiger partial charge < -0.3 is 9.80 Å². The highest BCUT2D eigenvalue weighted by molar-refractivity contribution is 5.59. The maximum absolute atomic E-state index is 9.24. The molecule has 1 fully saturated rings. The van der Waals surface area contributed by atoms with Crippen molar-refractivity contribution in [2.24, 2.45) is 0 Å². The van der Waals surface area contributed by atoms with Gasteiger partial charge in [0.15, 0.2) is 0 Å². The van der Waals surface area contributed by atoms with Crippen LogP contribution in [0.25, 0.3) is 0 Å². The van der Waals surface area contributed by atoms with E-state index >= 15 is 0 Å². The normalized spacial score (nSPS) is 14.7. The van der Waals surface area contributed by atoms with Crippen molar-refractivity contribution in [3.8, 4) is 6.07 Å². The molecular formula is C17H20N6. The lowest BCUT2D eigenvalue weighted by molar-refractivity contribution is 0.642. The van der Waals surface area contributed by atoms with E-state index in [0.29, 0.717) is 5.56 Å². The van der Waals surface area contributed by atoms with Gasteiger partial charge in [-0.1, -0.05) is 0 Å². The summed E-state index contributed by atoms with van der Waals surface area (Å²) in [5.41, 5.74) is 3.77. The van der Waals surface area contributed by atoms with E-state index in [1.807, 2.05) is 13.8 Å². The van der Waals surface area contributed by atoms with Crippen LogP contribution >= 0.6 is 0 Å². The average Bonchev–Trinajstić information content (AvgIpc) is 2.58. The second-order valence-corrected chi connectivity index (χ2v) is 5.78. The van der Waals surface area contributed by atoms with Crippen molar-refractivity contribution < 1.29 is 0 Å². The van der Waals surface area contributed by atoms with Gasteiger partial charge in [-0.05, 0) is 26.8 Å². The van der Waals surface area contributed by atoms with E-state index in [4.69, 9.17) is 0 Å². The Morgan fingerprint density at radius 3 is 2.43 bits per heavy atom. The quantitative estimate of drug-likeness (QED) is 0.845. The number of pyridine rings is 1. The van der Waals surface area contributed by atoms with E-state index in [0.717, 1.165) is 54.8 Å². The lowest BCUT2D eigenvalue weighted by Gasteiger charge is -2.37. The Hall–Kier alpha value is -2.68. The van der Waals surface area contributed by atoms with Crippen molar-refractivity contribution in [3.63, 3.8) is 0 Å². The number of nitrogens with zero attached hydrogens (tertiary/aromatic N) is 6. The molecule has 2 aromatic heterocycles. The van der Waals surface area contributed by atoms with Crippen molar-refractivity contribution in [1.29, 1.82) is 5.26 Å². The summed E-state index contributed by atoms with van der Waals surface area (Å²) in [7, 11) is 0. The van der Waals surface area contributed by atoms with Crippen LogP contribution in [0.4, 0.5) is 11.5 Å². The first kappa shape index (κ1) is 15.2. The smallest absolute Gasteiger partial charge is 0.135 e. The predicted octanol–water partition coefficient (Wildman–Crippen LogP) is 2.00. The van der Waals surface area contributed by atoms with Crippen LogP contribution in [0.2, 0.25) is 0 Å². The molecule has 6 heteroatoms. The van der Waals surface area contributed by atoms with Gasteiger partial charge in [-0.15, -0.1) is 0 Å². The molecule has 1 aliphatic heterocycles. The molecule has 0 radical (unpaired) electrons. The van der Waals surface area contributed by atoms with Gasteiger partial charge in [-0.2, -0.15) is 5.26 Å². The Labute approximate surface area is 136 Å². The number of anilines is 2. The number of nitriles is 1.